The standard InChI is InChI=1S/C16H14N6O3/c17-13-12-14(19-7-18-13)21(8-20-12)9-25-6-5-22-15(23)10-3-1-2-4-11(10)16(22)24/h1-4,7-8H,5-6,9H2,(H2,17,18,19). The zero-order valence-corrected chi connectivity index (χ0v) is 13.1. The lowest BCUT2D eigenvalue weighted by Crippen LogP contribution is -2.33. The molecule has 1 aliphatic rings. The van der Waals surface area contributed by atoms with Gasteiger partial charge in [-0.05, 0) is 12.1 Å². The Morgan fingerprint density at radius 3 is 2.48 bits per heavy atom. The minimum absolute atomic E-state index is 0.177. The molecule has 0 saturated heterocycles. The van der Waals surface area contributed by atoms with Gasteiger partial charge < -0.3 is 10.5 Å². The van der Waals surface area contributed by atoms with Crippen molar-refractivity contribution in [3.63, 3.8) is 0 Å². The fraction of sp³-hybridized carbons (Fsp3) is 0.188. The molecule has 2 amide bonds. The van der Waals surface area contributed by atoms with E-state index < -0.39 is 0 Å². The van der Waals surface area contributed by atoms with E-state index >= 15 is 0 Å². The van der Waals surface area contributed by atoms with E-state index in [9.17, 15) is 9.59 Å². The number of carbonyl (C=O) groups excluding carboxylic acids is 2. The first-order valence-corrected chi connectivity index (χ1v) is 7.61. The second-order valence-corrected chi connectivity index (χ2v) is 5.49. The molecule has 0 unspecified atom stereocenters. The predicted octanol–water partition coefficient (Wildman–Crippen LogP) is 0.679. The Kier molecular flexibility index (Phi) is 3.62. The van der Waals surface area contributed by atoms with Crippen LogP contribution in [0.5, 0.6) is 0 Å². The number of rotatable bonds is 5. The molecule has 4 rings (SSSR count). The third kappa shape index (κ3) is 2.50. The van der Waals surface area contributed by atoms with Crippen molar-refractivity contribution in [1.29, 1.82) is 0 Å². The minimum Gasteiger partial charge on any atom is -0.382 e. The van der Waals surface area contributed by atoms with Crippen LogP contribution >= 0.6 is 0 Å². The third-order valence-electron chi connectivity index (χ3n) is 4.00. The first-order valence-electron chi connectivity index (χ1n) is 7.61. The monoisotopic (exact) mass is 338 g/mol. The molecule has 126 valence electrons. The summed E-state index contributed by atoms with van der Waals surface area (Å²) >= 11 is 0. The number of nitrogens with two attached hydrogens (primary N) is 1. The maximum absolute atomic E-state index is 12.2. The highest BCUT2D eigenvalue weighted by Crippen LogP contribution is 2.22. The van der Waals surface area contributed by atoms with Gasteiger partial charge in [-0.3, -0.25) is 19.1 Å². The molecule has 3 aromatic rings. The van der Waals surface area contributed by atoms with E-state index in [1.807, 2.05) is 0 Å². The van der Waals surface area contributed by atoms with E-state index in [4.69, 9.17) is 10.5 Å². The number of benzene rings is 1. The van der Waals surface area contributed by atoms with Crippen molar-refractivity contribution >= 4 is 28.8 Å². The van der Waals surface area contributed by atoms with E-state index in [1.54, 1.807) is 35.2 Å². The summed E-state index contributed by atoms with van der Waals surface area (Å²) in [6.07, 6.45) is 2.91. The highest BCUT2D eigenvalue weighted by molar-refractivity contribution is 6.21. The maximum Gasteiger partial charge on any atom is 0.261 e. The first kappa shape index (κ1) is 15.2. The van der Waals surface area contributed by atoms with Gasteiger partial charge in [0, 0.05) is 0 Å². The Morgan fingerprint density at radius 1 is 1.04 bits per heavy atom. The number of imidazole rings is 1. The molecule has 2 N–H and O–H groups in total. The normalized spacial score (nSPS) is 13.7. The summed E-state index contributed by atoms with van der Waals surface area (Å²) in [6, 6.07) is 6.78. The molecule has 25 heavy (non-hydrogen) atoms. The summed E-state index contributed by atoms with van der Waals surface area (Å²) in [5.74, 6) is -0.287. The number of anilines is 1. The SMILES string of the molecule is Nc1ncnc2c1ncn2COCCN1C(=O)c2ccccc2C1=O. The molecule has 1 aromatic carbocycles. The zero-order chi connectivity index (χ0) is 17.4. The first-order chi connectivity index (χ1) is 12.2. The number of carbonyl (C=O) groups is 2. The molecule has 0 radical (unpaired) electrons. The highest BCUT2D eigenvalue weighted by atomic mass is 16.5. The summed E-state index contributed by atoms with van der Waals surface area (Å²) in [6.45, 7) is 0.554. The van der Waals surface area contributed by atoms with E-state index in [0.717, 1.165) is 0 Å². The topological polar surface area (TPSA) is 116 Å². The fourth-order valence-corrected chi connectivity index (χ4v) is 2.75. The summed E-state index contributed by atoms with van der Waals surface area (Å²) in [4.78, 5) is 37.8. The molecule has 3 heterocycles. The van der Waals surface area contributed by atoms with Gasteiger partial charge in [0.1, 0.15) is 18.6 Å². The fourth-order valence-electron chi connectivity index (χ4n) is 2.75. The number of hydrogen-bond donors (Lipinski definition) is 1. The number of amides is 2. The van der Waals surface area contributed by atoms with Crippen LogP contribution in [0.3, 0.4) is 0 Å². The van der Waals surface area contributed by atoms with Gasteiger partial charge in [0.25, 0.3) is 11.8 Å². The number of fused-ring (bicyclic) bond motifs is 2. The van der Waals surface area contributed by atoms with Crippen molar-refractivity contribution in [2.45, 2.75) is 6.73 Å². The highest BCUT2D eigenvalue weighted by Gasteiger charge is 2.34. The Labute approximate surface area is 142 Å². The lowest BCUT2D eigenvalue weighted by atomic mass is 10.1. The van der Waals surface area contributed by atoms with Gasteiger partial charge in [-0.25, -0.2) is 15.0 Å². The summed E-state index contributed by atoms with van der Waals surface area (Å²) in [5.41, 5.74) is 7.66. The molecule has 0 bridgehead atoms. The summed E-state index contributed by atoms with van der Waals surface area (Å²) in [5, 5.41) is 0. The number of imide groups is 1. The van der Waals surface area contributed by atoms with Gasteiger partial charge >= 0.3 is 0 Å². The third-order valence-corrected chi connectivity index (χ3v) is 4.00. The number of nitrogens with zero attached hydrogens (tertiary/aromatic N) is 5. The molecule has 9 nitrogen and oxygen atoms in total. The minimum atomic E-state index is -0.294. The average Bonchev–Trinajstić information content (AvgIpc) is 3.14. The van der Waals surface area contributed by atoms with Gasteiger partial charge in [0.15, 0.2) is 11.5 Å². The van der Waals surface area contributed by atoms with Crippen LogP contribution in [-0.4, -0.2) is 49.4 Å². The largest absolute Gasteiger partial charge is 0.382 e. The number of ether oxygens (including phenoxy) is 1. The lowest BCUT2D eigenvalue weighted by Gasteiger charge is -2.14. The maximum atomic E-state index is 12.2. The second kappa shape index (κ2) is 5.95. The number of nitrogen functional groups attached to an aromatic ring is 1. The summed E-state index contributed by atoms with van der Waals surface area (Å²) < 4.78 is 7.24. The van der Waals surface area contributed by atoms with Crippen molar-refractivity contribution in [3.8, 4) is 0 Å². The van der Waals surface area contributed by atoms with Crippen molar-refractivity contribution < 1.29 is 14.3 Å². The van der Waals surface area contributed by atoms with E-state index in [1.165, 1.54) is 11.2 Å². The Hall–Kier alpha value is -3.33. The molecule has 2 aromatic heterocycles. The molecule has 9 heteroatoms. The average molecular weight is 338 g/mol. The molecule has 1 aliphatic heterocycles. The molecule has 0 spiro atoms. The van der Waals surface area contributed by atoms with Crippen LogP contribution in [0, 0.1) is 0 Å². The number of hydrogen-bond acceptors (Lipinski definition) is 7. The van der Waals surface area contributed by atoms with Crippen molar-refractivity contribution in [2.24, 2.45) is 0 Å². The van der Waals surface area contributed by atoms with E-state index in [-0.39, 0.29) is 31.7 Å². The van der Waals surface area contributed by atoms with Gasteiger partial charge in [-0.1, -0.05) is 12.1 Å². The van der Waals surface area contributed by atoms with Crippen LogP contribution in [0.4, 0.5) is 5.82 Å². The second-order valence-electron chi connectivity index (χ2n) is 5.49. The quantitative estimate of drug-likeness (QED) is 0.537. The molecular weight excluding hydrogens is 324 g/mol. The smallest absolute Gasteiger partial charge is 0.261 e. The molecule has 0 atom stereocenters. The molecule has 0 saturated carbocycles. The van der Waals surface area contributed by atoms with Crippen molar-refractivity contribution in [1.82, 2.24) is 24.4 Å². The van der Waals surface area contributed by atoms with Gasteiger partial charge in [0.2, 0.25) is 0 Å². The van der Waals surface area contributed by atoms with Crippen LogP contribution in [0.1, 0.15) is 20.7 Å². The summed E-state index contributed by atoms with van der Waals surface area (Å²) in [7, 11) is 0. The molecular formula is C16H14N6O3. The Balaban J connectivity index is 1.38. The van der Waals surface area contributed by atoms with Crippen LogP contribution in [0.2, 0.25) is 0 Å². The number of aromatic nitrogens is 4. The Bertz CT molecular complexity index is 948. The predicted molar refractivity (Wildman–Crippen MR) is 87.5 cm³/mol. The van der Waals surface area contributed by atoms with Gasteiger partial charge in [-0.2, -0.15) is 0 Å². The van der Waals surface area contributed by atoms with E-state index in [0.29, 0.717) is 28.1 Å². The lowest BCUT2D eigenvalue weighted by molar-refractivity contribution is 0.0452. The van der Waals surface area contributed by atoms with Crippen LogP contribution in [0.25, 0.3) is 11.2 Å². The van der Waals surface area contributed by atoms with Crippen LogP contribution < -0.4 is 5.73 Å². The van der Waals surface area contributed by atoms with Crippen LogP contribution in [0.15, 0.2) is 36.9 Å². The van der Waals surface area contributed by atoms with Crippen molar-refractivity contribution in [3.05, 3.63) is 48.0 Å². The Morgan fingerprint density at radius 2 is 1.76 bits per heavy atom. The van der Waals surface area contributed by atoms with Crippen molar-refractivity contribution in [2.75, 3.05) is 18.9 Å². The van der Waals surface area contributed by atoms with Gasteiger partial charge in [0.05, 0.1) is 30.6 Å². The molecule has 0 fully saturated rings. The van der Waals surface area contributed by atoms with E-state index in [2.05, 4.69) is 15.0 Å². The molecule has 0 aliphatic carbocycles. The van der Waals surface area contributed by atoms with Gasteiger partial charge in [-0.15, -0.1) is 0 Å². The van der Waals surface area contributed by atoms with Crippen LogP contribution in [-0.2, 0) is 11.5 Å². The zero-order valence-electron chi connectivity index (χ0n) is 13.1.